The Kier molecular flexibility index (Phi) is 5.01. The van der Waals surface area contributed by atoms with Crippen molar-refractivity contribution >= 4 is 44.9 Å². The van der Waals surface area contributed by atoms with Gasteiger partial charge in [-0.15, -0.1) is 10.2 Å². The van der Waals surface area contributed by atoms with Gasteiger partial charge in [0.05, 0.1) is 11.4 Å². The number of thioether (sulfide) groups is 1. The molecule has 0 spiro atoms. The Hall–Kier alpha value is -3.11. The molecule has 4 aromatic rings. The molecule has 0 atom stereocenters. The van der Waals surface area contributed by atoms with Crippen LogP contribution in [0.3, 0.4) is 0 Å². The van der Waals surface area contributed by atoms with Gasteiger partial charge in [-0.2, -0.15) is 9.61 Å². The van der Waals surface area contributed by atoms with Crippen molar-refractivity contribution < 1.29 is 14.3 Å². The number of anilines is 1. The standard InChI is InChI=1S/C20H14BrN5O3S/c21-13-3-1-12(2-4-13)15-6-8-18-23-24-20(26(18)25-15)30-10-19(27)22-14-5-7-16-17(9-14)29-11-28-16/h1-9H,10-11H2,(H,22,27). The lowest BCUT2D eigenvalue weighted by molar-refractivity contribution is -0.113. The van der Waals surface area contributed by atoms with Crippen LogP contribution in [0.1, 0.15) is 0 Å². The molecule has 8 nitrogen and oxygen atoms in total. The van der Waals surface area contributed by atoms with E-state index in [0.29, 0.717) is 28.0 Å². The van der Waals surface area contributed by atoms with Gasteiger partial charge in [-0.25, -0.2) is 0 Å². The van der Waals surface area contributed by atoms with Crippen LogP contribution >= 0.6 is 27.7 Å². The van der Waals surface area contributed by atoms with Crippen LogP contribution in [0.25, 0.3) is 16.9 Å². The van der Waals surface area contributed by atoms with E-state index in [1.165, 1.54) is 11.8 Å². The van der Waals surface area contributed by atoms with Crippen molar-refractivity contribution in [2.45, 2.75) is 5.16 Å². The van der Waals surface area contributed by atoms with Crippen LogP contribution in [0, 0.1) is 0 Å². The number of benzene rings is 2. The lowest BCUT2D eigenvalue weighted by Crippen LogP contribution is -2.14. The van der Waals surface area contributed by atoms with Crippen LogP contribution in [0.2, 0.25) is 0 Å². The summed E-state index contributed by atoms with van der Waals surface area (Å²) in [6, 6.07) is 16.9. The molecule has 30 heavy (non-hydrogen) atoms. The maximum Gasteiger partial charge on any atom is 0.234 e. The smallest absolute Gasteiger partial charge is 0.234 e. The first kappa shape index (κ1) is 18.9. The van der Waals surface area contributed by atoms with Crippen LogP contribution in [0.5, 0.6) is 11.5 Å². The fourth-order valence-electron chi connectivity index (χ4n) is 2.94. The number of halogens is 1. The fraction of sp³-hybridized carbons (Fsp3) is 0.100. The molecule has 150 valence electrons. The zero-order valence-corrected chi connectivity index (χ0v) is 17.8. The summed E-state index contributed by atoms with van der Waals surface area (Å²) < 4.78 is 13.3. The molecule has 2 aromatic carbocycles. The summed E-state index contributed by atoms with van der Waals surface area (Å²) in [4.78, 5) is 12.4. The van der Waals surface area contributed by atoms with Gasteiger partial charge in [0.25, 0.3) is 0 Å². The van der Waals surface area contributed by atoms with E-state index in [9.17, 15) is 4.79 Å². The molecule has 1 amide bonds. The molecule has 0 radical (unpaired) electrons. The molecule has 0 unspecified atom stereocenters. The largest absolute Gasteiger partial charge is 0.454 e. The monoisotopic (exact) mass is 483 g/mol. The molecule has 0 saturated heterocycles. The minimum Gasteiger partial charge on any atom is -0.454 e. The van der Waals surface area contributed by atoms with Gasteiger partial charge in [0.15, 0.2) is 17.1 Å². The lowest BCUT2D eigenvalue weighted by atomic mass is 10.1. The Labute approximate surface area is 183 Å². The zero-order valence-electron chi connectivity index (χ0n) is 15.4. The third kappa shape index (κ3) is 3.83. The molecule has 0 saturated carbocycles. The second kappa shape index (κ2) is 7.96. The van der Waals surface area contributed by atoms with Gasteiger partial charge >= 0.3 is 0 Å². The SMILES string of the molecule is O=C(CSc1nnc2ccc(-c3ccc(Br)cc3)nn12)Nc1ccc2c(c1)OCO2. The first-order valence-electron chi connectivity index (χ1n) is 8.96. The van der Waals surface area contributed by atoms with Crippen molar-refractivity contribution in [3.63, 3.8) is 0 Å². The van der Waals surface area contributed by atoms with Crippen LogP contribution < -0.4 is 14.8 Å². The molecular weight excluding hydrogens is 470 g/mol. The van der Waals surface area contributed by atoms with Crippen LogP contribution in [-0.2, 0) is 4.79 Å². The summed E-state index contributed by atoms with van der Waals surface area (Å²) in [6.07, 6.45) is 0. The molecule has 0 fully saturated rings. The van der Waals surface area contributed by atoms with Crippen molar-refractivity contribution in [2.75, 3.05) is 17.9 Å². The van der Waals surface area contributed by atoms with Gasteiger partial charge in [0, 0.05) is 21.8 Å². The molecule has 10 heteroatoms. The summed E-state index contributed by atoms with van der Waals surface area (Å²) in [6.45, 7) is 0.192. The zero-order chi connectivity index (χ0) is 20.5. The number of hydrogen-bond donors (Lipinski definition) is 1. The highest BCUT2D eigenvalue weighted by atomic mass is 79.9. The number of nitrogens with zero attached hydrogens (tertiary/aromatic N) is 4. The van der Waals surface area contributed by atoms with Crippen molar-refractivity contribution in [3.8, 4) is 22.8 Å². The molecule has 0 aliphatic carbocycles. The van der Waals surface area contributed by atoms with E-state index in [0.717, 1.165) is 15.7 Å². The highest BCUT2D eigenvalue weighted by molar-refractivity contribution is 9.10. The number of carbonyl (C=O) groups is 1. The van der Waals surface area contributed by atoms with E-state index in [1.54, 1.807) is 22.7 Å². The van der Waals surface area contributed by atoms with Crippen molar-refractivity contribution in [1.29, 1.82) is 0 Å². The molecule has 1 N–H and O–H groups in total. The maximum absolute atomic E-state index is 12.4. The second-order valence-electron chi connectivity index (χ2n) is 6.38. The number of aromatic nitrogens is 4. The van der Waals surface area contributed by atoms with E-state index >= 15 is 0 Å². The van der Waals surface area contributed by atoms with E-state index < -0.39 is 0 Å². The average Bonchev–Trinajstić information content (AvgIpc) is 3.38. The summed E-state index contributed by atoms with van der Waals surface area (Å²) in [5.74, 6) is 1.29. The van der Waals surface area contributed by atoms with Gasteiger partial charge in [0.2, 0.25) is 17.9 Å². The van der Waals surface area contributed by atoms with E-state index in [4.69, 9.17) is 9.47 Å². The van der Waals surface area contributed by atoms with Gasteiger partial charge in [0.1, 0.15) is 0 Å². The minimum absolute atomic E-state index is 0.166. The number of amides is 1. The second-order valence-corrected chi connectivity index (χ2v) is 8.24. The minimum atomic E-state index is -0.167. The Morgan fingerprint density at radius 3 is 2.77 bits per heavy atom. The summed E-state index contributed by atoms with van der Waals surface area (Å²) in [5, 5.41) is 16.3. The maximum atomic E-state index is 12.4. The van der Waals surface area contributed by atoms with E-state index in [-0.39, 0.29) is 18.5 Å². The summed E-state index contributed by atoms with van der Waals surface area (Å²) in [7, 11) is 0. The third-order valence-electron chi connectivity index (χ3n) is 4.36. The fourth-order valence-corrected chi connectivity index (χ4v) is 3.89. The van der Waals surface area contributed by atoms with Gasteiger partial charge < -0.3 is 14.8 Å². The number of hydrogen-bond acceptors (Lipinski definition) is 7. The number of rotatable bonds is 5. The molecule has 2 aromatic heterocycles. The predicted octanol–water partition coefficient (Wildman–Crippen LogP) is 4.01. The molecular formula is C20H14BrN5O3S. The lowest BCUT2D eigenvalue weighted by Gasteiger charge is -2.06. The topological polar surface area (TPSA) is 90.6 Å². The predicted molar refractivity (Wildman–Crippen MR) is 116 cm³/mol. The Morgan fingerprint density at radius 1 is 1.07 bits per heavy atom. The van der Waals surface area contributed by atoms with E-state index in [2.05, 4.69) is 36.5 Å². The van der Waals surface area contributed by atoms with Crippen molar-refractivity contribution in [2.24, 2.45) is 0 Å². The number of nitrogens with one attached hydrogen (secondary N) is 1. The summed E-state index contributed by atoms with van der Waals surface area (Å²) >= 11 is 4.70. The van der Waals surface area contributed by atoms with Gasteiger partial charge in [-0.05, 0) is 36.4 Å². The van der Waals surface area contributed by atoms with Crippen molar-refractivity contribution in [3.05, 3.63) is 59.1 Å². The molecule has 1 aliphatic heterocycles. The van der Waals surface area contributed by atoms with Crippen LogP contribution in [-0.4, -0.2) is 38.3 Å². The van der Waals surface area contributed by atoms with Gasteiger partial charge in [-0.1, -0.05) is 39.8 Å². The quantitative estimate of drug-likeness (QED) is 0.428. The Morgan fingerprint density at radius 2 is 1.90 bits per heavy atom. The molecule has 1 aliphatic rings. The highest BCUT2D eigenvalue weighted by Crippen LogP contribution is 2.34. The summed E-state index contributed by atoms with van der Waals surface area (Å²) in [5.41, 5.74) is 3.04. The average molecular weight is 484 g/mol. The molecule has 5 rings (SSSR count). The first-order valence-corrected chi connectivity index (χ1v) is 10.7. The van der Waals surface area contributed by atoms with Gasteiger partial charge in [-0.3, -0.25) is 4.79 Å². The first-order chi connectivity index (χ1) is 14.7. The highest BCUT2D eigenvalue weighted by Gasteiger charge is 2.15. The van der Waals surface area contributed by atoms with Crippen molar-refractivity contribution in [1.82, 2.24) is 19.8 Å². The number of fused-ring (bicyclic) bond motifs is 2. The number of carbonyl (C=O) groups excluding carboxylic acids is 1. The Bertz CT molecular complexity index is 1250. The van der Waals surface area contributed by atoms with E-state index in [1.807, 2.05) is 36.4 Å². The Balaban J connectivity index is 1.29. The van der Waals surface area contributed by atoms with Crippen LogP contribution in [0.4, 0.5) is 5.69 Å². The number of ether oxygens (including phenoxy) is 2. The third-order valence-corrected chi connectivity index (χ3v) is 5.81. The normalized spacial score (nSPS) is 12.3. The van der Waals surface area contributed by atoms with Crippen LogP contribution in [0.15, 0.2) is 64.2 Å². The molecule has 3 heterocycles. The molecule has 0 bridgehead atoms.